The summed E-state index contributed by atoms with van der Waals surface area (Å²) < 4.78 is 0. The molecule has 4 nitrogen and oxygen atoms in total. The molecule has 0 aliphatic carbocycles. The highest BCUT2D eigenvalue weighted by Crippen LogP contribution is 2.15. The van der Waals surface area contributed by atoms with Gasteiger partial charge in [-0.2, -0.15) is 0 Å². The van der Waals surface area contributed by atoms with Crippen molar-refractivity contribution in [3.05, 3.63) is 18.5 Å². The Morgan fingerprint density at radius 2 is 2.43 bits per heavy atom. The van der Waals surface area contributed by atoms with Gasteiger partial charge < -0.3 is 16.2 Å². The van der Waals surface area contributed by atoms with Crippen LogP contribution < -0.4 is 11.1 Å². The van der Waals surface area contributed by atoms with Crippen LogP contribution in [0.25, 0.3) is 0 Å². The highest BCUT2D eigenvalue weighted by molar-refractivity contribution is 5.64. The van der Waals surface area contributed by atoms with Crippen molar-refractivity contribution in [3.63, 3.8) is 0 Å². The standard InChI is InChI=1S/C10H17N3O/c1-2-3-8(14)6-13-10-4-5-12-7-9(10)11/h4-5,7-8,14H,2-3,6,11H2,1H3,(H,12,13). The minimum Gasteiger partial charge on any atom is -0.396 e. The summed E-state index contributed by atoms with van der Waals surface area (Å²) in [4.78, 5) is 3.88. The molecule has 0 saturated heterocycles. The molecule has 1 aromatic rings. The molecule has 0 fully saturated rings. The molecule has 4 heteroatoms. The molecule has 0 radical (unpaired) electrons. The van der Waals surface area contributed by atoms with Crippen LogP contribution in [0.1, 0.15) is 19.8 Å². The Labute approximate surface area is 84.2 Å². The maximum Gasteiger partial charge on any atom is 0.0736 e. The third kappa shape index (κ3) is 3.22. The van der Waals surface area contributed by atoms with Gasteiger partial charge in [-0.3, -0.25) is 4.98 Å². The molecule has 1 atom stereocenters. The SMILES string of the molecule is CCCC(O)CNc1ccncc1N. The van der Waals surface area contributed by atoms with Gasteiger partial charge in [0.1, 0.15) is 0 Å². The zero-order valence-electron chi connectivity index (χ0n) is 8.40. The van der Waals surface area contributed by atoms with Crippen LogP contribution in [0.2, 0.25) is 0 Å². The van der Waals surface area contributed by atoms with Gasteiger partial charge in [0.05, 0.1) is 23.7 Å². The summed E-state index contributed by atoms with van der Waals surface area (Å²) in [5.74, 6) is 0. The number of rotatable bonds is 5. The molecule has 1 aromatic heterocycles. The van der Waals surface area contributed by atoms with Gasteiger partial charge in [-0.15, -0.1) is 0 Å². The predicted molar refractivity (Wildman–Crippen MR) is 58.1 cm³/mol. The van der Waals surface area contributed by atoms with Gasteiger partial charge in [-0.1, -0.05) is 13.3 Å². The number of aliphatic hydroxyl groups is 1. The van der Waals surface area contributed by atoms with Crippen molar-refractivity contribution < 1.29 is 5.11 Å². The van der Waals surface area contributed by atoms with Crippen molar-refractivity contribution in [2.45, 2.75) is 25.9 Å². The Morgan fingerprint density at radius 3 is 3.07 bits per heavy atom. The first-order valence-corrected chi connectivity index (χ1v) is 4.85. The highest BCUT2D eigenvalue weighted by atomic mass is 16.3. The van der Waals surface area contributed by atoms with E-state index in [2.05, 4.69) is 10.3 Å². The van der Waals surface area contributed by atoms with E-state index < -0.39 is 0 Å². The summed E-state index contributed by atoms with van der Waals surface area (Å²) >= 11 is 0. The van der Waals surface area contributed by atoms with E-state index in [1.54, 1.807) is 18.5 Å². The maximum absolute atomic E-state index is 9.48. The van der Waals surface area contributed by atoms with Crippen molar-refractivity contribution >= 4 is 11.4 Å². The molecule has 0 aliphatic rings. The van der Waals surface area contributed by atoms with Gasteiger partial charge in [0, 0.05) is 12.7 Å². The molecule has 0 bridgehead atoms. The van der Waals surface area contributed by atoms with E-state index in [4.69, 9.17) is 5.73 Å². The fourth-order valence-electron chi connectivity index (χ4n) is 1.23. The molecule has 0 saturated carbocycles. The Balaban J connectivity index is 2.41. The van der Waals surface area contributed by atoms with E-state index in [1.165, 1.54) is 0 Å². The maximum atomic E-state index is 9.48. The van der Waals surface area contributed by atoms with Crippen molar-refractivity contribution in [1.29, 1.82) is 0 Å². The number of hydrogen-bond acceptors (Lipinski definition) is 4. The van der Waals surface area contributed by atoms with Gasteiger partial charge in [0.25, 0.3) is 0 Å². The lowest BCUT2D eigenvalue weighted by molar-refractivity contribution is 0.176. The molecule has 0 amide bonds. The molecule has 0 aromatic carbocycles. The van der Waals surface area contributed by atoms with Gasteiger partial charge in [-0.25, -0.2) is 0 Å². The number of hydrogen-bond donors (Lipinski definition) is 3. The molecular weight excluding hydrogens is 178 g/mol. The van der Waals surface area contributed by atoms with E-state index in [9.17, 15) is 5.11 Å². The first-order valence-electron chi connectivity index (χ1n) is 4.85. The smallest absolute Gasteiger partial charge is 0.0736 e. The number of nitrogens with two attached hydrogens (primary N) is 1. The number of anilines is 2. The fraction of sp³-hybridized carbons (Fsp3) is 0.500. The minimum absolute atomic E-state index is 0.312. The lowest BCUT2D eigenvalue weighted by atomic mass is 10.2. The number of pyridine rings is 1. The third-order valence-electron chi connectivity index (χ3n) is 2.00. The van der Waals surface area contributed by atoms with Crippen LogP contribution in [-0.4, -0.2) is 22.7 Å². The third-order valence-corrected chi connectivity index (χ3v) is 2.00. The first kappa shape index (κ1) is 10.8. The van der Waals surface area contributed by atoms with Crippen LogP contribution in [0.4, 0.5) is 11.4 Å². The Kier molecular flexibility index (Phi) is 4.19. The second-order valence-corrected chi connectivity index (χ2v) is 3.29. The second kappa shape index (κ2) is 5.44. The average molecular weight is 195 g/mol. The van der Waals surface area contributed by atoms with Gasteiger partial charge in [-0.05, 0) is 12.5 Å². The molecule has 14 heavy (non-hydrogen) atoms. The largest absolute Gasteiger partial charge is 0.396 e. The summed E-state index contributed by atoms with van der Waals surface area (Å²) in [7, 11) is 0. The number of nitrogens with one attached hydrogen (secondary N) is 1. The molecule has 1 heterocycles. The average Bonchev–Trinajstić information content (AvgIpc) is 2.17. The lowest BCUT2D eigenvalue weighted by Crippen LogP contribution is -2.19. The van der Waals surface area contributed by atoms with Crippen molar-refractivity contribution in [2.24, 2.45) is 0 Å². The molecule has 0 aliphatic heterocycles. The predicted octanol–water partition coefficient (Wildman–Crippen LogP) is 1.24. The van der Waals surface area contributed by atoms with Crippen LogP contribution in [0.5, 0.6) is 0 Å². The van der Waals surface area contributed by atoms with Crippen LogP contribution in [0.3, 0.4) is 0 Å². The van der Waals surface area contributed by atoms with E-state index in [1.807, 2.05) is 6.92 Å². The van der Waals surface area contributed by atoms with Crippen LogP contribution in [0.15, 0.2) is 18.5 Å². The Hall–Kier alpha value is -1.29. The van der Waals surface area contributed by atoms with Crippen LogP contribution in [-0.2, 0) is 0 Å². The zero-order valence-corrected chi connectivity index (χ0v) is 8.40. The number of aliphatic hydroxyl groups excluding tert-OH is 1. The second-order valence-electron chi connectivity index (χ2n) is 3.29. The summed E-state index contributed by atoms with van der Waals surface area (Å²) in [5.41, 5.74) is 7.11. The van der Waals surface area contributed by atoms with Crippen molar-refractivity contribution in [1.82, 2.24) is 4.98 Å². The number of aromatic nitrogens is 1. The monoisotopic (exact) mass is 195 g/mol. The van der Waals surface area contributed by atoms with E-state index in [0.717, 1.165) is 18.5 Å². The normalized spacial score (nSPS) is 12.4. The molecule has 78 valence electrons. The minimum atomic E-state index is -0.312. The highest BCUT2D eigenvalue weighted by Gasteiger charge is 2.03. The Bertz CT molecular complexity index is 278. The van der Waals surface area contributed by atoms with Crippen molar-refractivity contribution in [2.75, 3.05) is 17.6 Å². The fourth-order valence-corrected chi connectivity index (χ4v) is 1.23. The molecule has 1 rings (SSSR count). The van der Waals surface area contributed by atoms with Gasteiger partial charge in [0.2, 0.25) is 0 Å². The van der Waals surface area contributed by atoms with Crippen LogP contribution in [0, 0.1) is 0 Å². The van der Waals surface area contributed by atoms with E-state index in [0.29, 0.717) is 12.2 Å². The lowest BCUT2D eigenvalue weighted by Gasteiger charge is -2.12. The van der Waals surface area contributed by atoms with E-state index in [-0.39, 0.29) is 6.10 Å². The van der Waals surface area contributed by atoms with Gasteiger partial charge in [0.15, 0.2) is 0 Å². The zero-order chi connectivity index (χ0) is 10.4. The van der Waals surface area contributed by atoms with Gasteiger partial charge >= 0.3 is 0 Å². The Morgan fingerprint density at radius 1 is 1.64 bits per heavy atom. The summed E-state index contributed by atoms with van der Waals surface area (Å²) in [6.45, 7) is 2.58. The number of nitrogens with zero attached hydrogens (tertiary/aromatic N) is 1. The summed E-state index contributed by atoms with van der Waals surface area (Å²) in [6.07, 6.45) is 4.74. The molecule has 1 unspecified atom stereocenters. The first-order chi connectivity index (χ1) is 6.74. The molecule has 0 spiro atoms. The molecular formula is C10H17N3O. The molecule has 4 N–H and O–H groups in total. The number of nitrogen functional groups attached to an aromatic ring is 1. The summed E-state index contributed by atoms with van der Waals surface area (Å²) in [6, 6.07) is 1.80. The van der Waals surface area contributed by atoms with E-state index >= 15 is 0 Å². The quantitative estimate of drug-likeness (QED) is 0.661. The topological polar surface area (TPSA) is 71.2 Å². The van der Waals surface area contributed by atoms with Crippen LogP contribution >= 0.6 is 0 Å². The van der Waals surface area contributed by atoms with Crippen molar-refractivity contribution in [3.8, 4) is 0 Å². The summed E-state index contributed by atoms with van der Waals surface area (Å²) in [5, 5.41) is 12.6.